The Bertz CT molecular complexity index is 578. The number of nitrogens with zero attached hydrogens (tertiary/aromatic N) is 2. The summed E-state index contributed by atoms with van der Waals surface area (Å²) in [5, 5.41) is 0. The number of hydrogen-bond donors (Lipinski definition) is 2. The van der Waals surface area contributed by atoms with Crippen molar-refractivity contribution in [3.63, 3.8) is 0 Å². The van der Waals surface area contributed by atoms with Crippen molar-refractivity contribution in [2.24, 2.45) is 11.7 Å². The summed E-state index contributed by atoms with van der Waals surface area (Å²) in [6.45, 7) is 3.95. The molecule has 2 heterocycles. The number of aromatic nitrogens is 2. The van der Waals surface area contributed by atoms with Gasteiger partial charge in [0.2, 0.25) is 5.95 Å². The zero-order chi connectivity index (χ0) is 13.4. The van der Waals surface area contributed by atoms with Gasteiger partial charge in [-0.3, -0.25) is 0 Å². The number of piperidine rings is 1. The first kappa shape index (κ1) is 12.4. The summed E-state index contributed by atoms with van der Waals surface area (Å²) < 4.78 is 13.2. The van der Waals surface area contributed by atoms with E-state index < -0.39 is 0 Å². The van der Waals surface area contributed by atoms with Gasteiger partial charge in [0, 0.05) is 19.1 Å². The van der Waals surface area contributed by atoms with E-state index in [4.69, 9.17) is 5.73 Å². The van der Waals surface area contributed by atoms with E-state index in [0.717, 1.165) is 36.5 Å². The topological polar surface area (TPSA) is 57.9 Å². The van der Waals surface area contributed by atoms with E-state index in [1.165, 1.54) is 18.6 Å². The van der Waals surface area contributed by atoms with Gasteiger partial charge in [-0.05, 0) is 43.9 Å². The van der Waals surface area contributed by atoms with Gasteiger partial charge in [0.15, 0.2) is 0 Å². The molecule has 5 heteroatoms. The molecule has 0 aliphatic carbocycles. The Kier molecular flexibility index (Phi) is 3.14. The second-order valence-corrected chi connectivity index (χ2v) is 5.43. The third-order valence-corrected chi connectivity index (χ3v) is 3.93. The van der Waals surface area contributed by atoms with E-state index in [2.05, 4.69) is 21.8 Å². The number of fused-ring (bicyclic) bond motifs is 1. The number of imidazole rings is 1. The number of anilines is 1. The summed E-state index contributed by atoms with van der Waals surface area (Å²) in [4.78, 5) is 9.95. The van der Waals surface area contributed by atoms with Crippen molar-refractivity contribution in [3.05, 3.63) is 24.0 Å². The lowest BCUT2D eigenvalue weighted by Gasteiger charge is -2.34. The van der Waals surface area contributed by atoms with E-state index in [1.54, 1.807) is 6.07 Å². The molecule has 2 unspecified atom stereocenters. The zero-order valence-corrected chi connectivity index (χ0v) is 11.1. The predicted molar refractivity (Wildman–Crippen MR) is 74.6 cm³/mol. The highest BCUT2D eigenvalue weighted by atomic mass is 19.1. The Morgan fingerprint density at radius 1 is 1.53 bits per heavy atom. The van der Waals surface area contributed by atoms with Crippen LogP contribution in [-0.4, -0.2) is 29.1 Å². The SMILES string of the molecule is CC(N)C1CCCN(c2nc3ccc(F)cc3[nH]2)C1. The van der Waals surface area contributed by atoms with Gasteiger partial charge in [-0.2, -0.15) is 0 Å². The normalized spacial score (nSPS) is 21.8. The lowest BCUT2D eigenvalue weighted by molar-refractivity contribution is 0.362. The molecule has 1 aromatic heterocycles. The maximum absolute atomic E-state index is 13.2. The molecule has 0 bridgehead atoms. The highest BCUT2D eigenvalue weighted by molar-refractivity contribution is 5.77. The first-order valence-corrected chi connectivity index (χ1v) is 6.79. The number of rotatable bonds is 2. The molecule has 0 saturated carbocycles. The Morgan fingerprint density at radius 3 is 3.16 bits per heavy atom. The second-order valence-electron chi connectivity index (χ2n) is 5.43. The Labute approximate surface area is 111 Å². The third-order valence-electron chi connectivity index (χ3n) is 3.93. The van der Waals surface area contributed by atoms with E-state index in [1.807, 2.05) is 0 Å². The minimum absolute atomic E-state index is 0.199. The Hall–Kier alpha value is -1.62. The van der Waals surface area contributed by atoms with Crippen LogP contribution in [0.1, 0.15) is 19.8 Å². The van der Waals surface area contributed by atoms with E-state index in [-0.39, 0.29) is 11.9 Å². The molecule has 3 rings (SSSR count). The molecule has 19 heavy (non-hydrogen) atoms. The van der Waals surface area contributed by atoms with Gasteiger partial charge in [-0.15, -0.1) is 0 Å². The van der Waals surface area contributed by atoms with Gasteiger partial charge in [0.05, 0.1) is 11.0 Å². The molecule has 102 valence electrons. The first-order valence-electron chi connectivity index (χ1n) is 6.79. The van der Waals surface area contributed by atoms with Gasteiger partial charge in [-0.25, -0.2) is 9.37 Å². The number of nitrogens with one attached hydrogen (secondary N) is 1. The first-order chi connectivity index (χ1) is 9.13. The molecule has 2 atom stereocenters. The van der Waals surface area contributed by atoms with Crippen molar-refractivity contribution in [1.82, 2.24) is 9.97 Å². The van der Waals surface area contributed by atoms with Crippen molar-refractivity contribution >= 4 is 17.0 Å². The zero-order valence-electron chi connectivity index (χ0n) is 11.1. The third kappa shape index (κ3) is 2.42. The summed E-state index contributed by atoms with van der Waals surface area (Å²) in [5.74, 6) is 1.08. The number of aromatic amines is 1. The van der Waals surface area contributed by atoms with Gasteiger partial charge < -0.3 is 15.6 Å². The molecule has 1 saturated heterocycles. The van der Waals surface area contributed by atoms with E-state index in [0.29, 0.717) is 5.92 Å². The molecule has 4 nitrogen and oxygen atoms in total. The molecule has 3 N–H and O–H groups in total. The van der Waals surface area contributed by atoms with Crippen molar-refractivity contribution < 1.29 is 4.39 Å². The molecular weight excluding hydrogens is 243 g/mol. The lowest BCUT2D eigenvalue weighted by Crippen LogP contribution is -2.42. The highest BCUT2D eigenvalue weighted by Crippen LogP contribution is 2.24. The van der Waals surface area contributed by atoms with Crippen molar-refractivity contribution in [2.45, 2.75) is 25.8 Å². The Balaban J connectivity index is 1.87. The summed E-state index contributed by atoms with van der Waals surface area (Å²) in [7, 11) is 0. The average Bonchev–Trinajstić information content (AvgIpc) is 2.81. The molecule has 0 spiro atoms. The van der Waals surface area contributed by atoms with Crippen LogP contribution in [0.2, 0.25) is 0 Å². The molecular formula is C14H19FN4. The number of benzene rings is 1. The van der Waals surface area contributed by atoms with Gasteiger partial charge >= 0.3 is 0 Å². The van der Waals surface area contributed by atoms with Crippen LogP contribution in [0, 0.1) is 11.7 Å². The summed E-state index contributed by atoms with van der Waals surface area (Å²) >= 11 is 0. The van der Waals surface area contributed by atoms with Crippen molar-refractivity contribution in [3.8, 4) is 0 Å². The summed E-state index contributed by atoms with van der Waals surface area (Å²) in [6, 6.07) is 4.83. The monoisotopic (exact) mass is 262 g/mol. The lowest BCUT2D eigenvalue weighted by atomic mass is 9.92. The van der Waals surface area contributed by atoms with E-state index in [9.17, 15) is 4.39 Å². The number of H-pyrrole nitrogens is 1. The van der Waals surface area contributed by atoms with Crippen LogP contribution in [0.3, 0.4) is 0 Å². The maximum Gasteiger partial charge on any atom is 0.203 e. The number of halogens is 1. The van der Waals surface area contributed by atoms with Crippen LogP contribution in [0.4, 0.5) is 10.3 Å². The molecule has 1 aromatic carbocycles. The van der Waals surface area contributed by atoms with Crippen LogP contribution in [0.15, 0.2) is 18.2 Å². The maximum atomic E-state index is 13.2. The fourth-order valence-corrected chi connectivity index (χ4v) is 2.75. The predicted octanol–water partition coefficient (Wildman–Crippen LogP) is 2.27. The Morgan fingerprint density at radius 2 is 2.37 bits per heavy atom. The smallest absolute Gasteiger partial charge is 0.203 e. The van der Waals surface area contributed by atoms with Crippen LogP contribution in [0.25, 0.3) is 11.0 Å². The largest absolute Gasteiger partial charge is 0.342 e. The number of nitrogens with two attached hydrogens (primary N) is 1. The van der Waals surface area contributed by atoms with E-state index >= 15 is 0 Å². The van der Waals surface area contributed by atoms with Crippen molar-refractivity contribution in [1.29, 1.82) is 0 Å². The minimum Gasteiger partial charge on any atom is -0.342 e. The molecule has 1 aliphatic rings. The molecule has 0 amide bonds. The van der Waals surface area contributed by atoms with Crippen LogP contribution >= 0.6 is 0 Å². The second kappa shape index (κ2) is 4.81. The molecule has 1 aliphatic heterocycles. The number of hydrogen-bond acceptors (Lipinski definition) is 3. The summed E-state index contributed by atoms with van der Waals surface area (Å²) in [6.07, 6.45) is 2.29. The van der Waals surface area contributed by atoms with Gasteiger partial charge in [-0.1, -0.05) is 0 Å². The average molecular weight is 262 g/mol. The fraction of sp³-hybridized carbons (Fsp3) is 0.500. The van der Waals surface area contributed by atoms with Crippen LogP contribution in [-0.2, 0) is 0 Å². The summed E-state index contributed by atoms with van der Waals surface area (Å²) in [5.41, 5.74) is 7.55. The quantitative estimate of drug-likeness (QED) is 0.873. The standard InChI is InChI=1S/C14H19FN4/c1-9(16)10-3-2-6-19(8-10)14-17-12-5-4-11(15)7-13(12)18-14/h4-5,7,9-10H,2-3,6,8,16H2,1H3,(H,17,18). The highest BCUT2D eigenvalue weighted by Gasteiger charge is 2.24. The van der Waals surface area contributed by atoms with Gasteiger partial charge in [0.1, 0.15) is 5.82 Å². The molecule has 0 radical (unpaired) electrons. The molecule has 2 aromatic rings. The van der Waals surface area contributed by atoms with Crippen molar-refractivity contribution in [2.75, 3.05) is 18.0 Å². The minimum atomic E-state index is -0.241. The van der Waals surface area contributed by atoms with Crippen LogP contribution in [0.5, 0.6) is 0 Å². The molecule has 1 fully saturated rings. The van der Waals surface area contributed by atoms with Crippen LogP contribution < -0.4 is 10.6 Å². The van der Waals surface area contributed by atoms with Gasteiger partial charge in [0.25, 0.3) is 0 Å². The fourth-order valence-electron chi connectivity index (χ4n) is 2.75.